The molecule has 0 radical (unpaired) electrons. The third-order valence-corrected chi connectivity index (χ3v) is 4.68. The van der Waals surface area contributed by atoms with Gasteiger partial charge in [-0.1, -0.05) is 25.0 Å². The van der Waals surface area contributed by atoms with Crippen LogP contribution in [0.2, 0.25) is 0 Å². The largest absolute Gasteiger partial charge is 0.477 e. The zero-order valence-electron chi connectivity index (χ0n) is 12.8. The van der Waals surface area contributed by atoms with E-state index in [9.17, 15) is 19.1 Å². The lowest BCUT2D eigenvalue weighted by atomic mass is 10.2. The lowest BCUT2D eigenvalue weighted by molar-refractivity contribution is -0.131. The summed E-state index contributed by atoms with van der Waals surface area (Å²) in [7, 11) is 0. The molecule has 4 nitrogen and oxygen atoms in total. The van der Waals surface area contributed by atoms with Crippen molar-refractivity contribution in [2.75, 3.05) is 18.8 Å². The van der Waals surface area contributed by atoms with E-state index in [0.29, 0.717) is 5.56 Å². The minimum atomic E-state index is -1.08. The topological polar surface area (TPSA) is 57.6 Å². The van der Waals surface area contributed by atoms with Crippen molar-refractivity contribution < 1.29 is 19.1 Å². The van der Waals surface area contributed by atoms with E-state index in [2.05, 4.69) is 0 Å². The van der Waals surface area contributed by atoms with Crippen LogP contribution >= 0.6 is 11.8 Å². The molecule has 1 fully saturated rings. The molecular formula is C17H20FNO3S. The summed E-state index contributed by atoms with van der Waals surface area (Å²) >= 11 is 1.01. The number of amides is 1. The molecule has 0 aromatic heterocycles. The van der Waals surface area contributed by atoms with Crippen LogP contribution in [-0.4, -0.2) is 40.7 Å². The molecule has 1 N–H and O–H groups in total. The van der Waals surface area contributed by atoms with E-state index >= 15 is 0 Å². The number of aliphatic carboxylic acids is 1. The molecule has 0 unspecified atom stereocenters. The van der Waals surface area contributed by atoms with Gasteiger partial charge in [-0.15, -0.1) is 11.8 Å². The van der Waals surface area contributed by atoms with Crippen LogP contribution in [0.5, 0.6) is 0 Å². The highest BCUT2D eigenvalue weighted by atomic mass is 32.2. The monoisotopic (exact) mass is 337 g/mol. The van der Waals surface area contributed by atoms with Gasteiger partial charge in [-0.2, -0.15) is 0 Å². The molecule has 0 spiro atoms. The fraction of sp³-hybridized carbons (Fsp3) is 0.412. The third kappa shape index (κ3) is 5.71. The first-order chi connectivity index (χ1) is 11.1. The Bertz CT molecular complexity index is 578. The van der Waals surface area contributed by atoms with Gasteiger partial charge in [-0.3, -0.25) is 4.79 Å². The van der Waals surface area contributed by atoms with Crippen molar-refractivity contribution in [3.63, 3.8) is 0 Å². The second-order valence-electron chi connectivity index (χ2n) is 5.45. The number of carboxylic acid groups (broad SMARTS) is 1. The molecule has 2 rings (SSSR count). The Hall–Kier alpha value is -1.82. The molecule has 1 aliphatic heterocycles. The van der Waals surface area contributed by atoms with Gasteiger partial charge < -0.3 is 10.0 Å². The maximum atomic E-state index is 12.9. The van der Waals surface area contributed by atoms with E-state index in [0.717, 1.165) is 50.5 Å². The predicted octanol–water partition coefficient (Wildman–Crippen LogP) is 3.39. The number of nitrogens with zero attached hydrogens (tertiary/aromatic N) is 1. The number of halogens is 1. The zero-order chi connectivity index (χ0) is 16.7. The molecule has 0 saturated carbocycles. The van der Waals surface area contributed by atoms with Gasteiger partial charge in [0, 0.05) is 13.1 Å². The molecule has 1 aromatic carbocycles. The van der Waals surface area contributed by atoms with Crippen LogP contribution in [-0.2, 0) is 9.59 Å². The highest BCUT2D eigenvalue weighted by Gasteiger charge is 2.17. The summed E-state index contributed by atoms with van der Waals surface area (Å²) in [6, 6.07) is 5.57. The Morgan fingerprint density at radius 2 is 1.74 bits per heavy atom. The van der Waals surface area contributed by atoms with Crippen LogP contribution in [0, 0.1) is 5.82 Å². The first-order valence-corrected chi connectivity index (χ1v) is 8.66. The summed E-state index contributed by atoms with van der Waals surface area (Å²) in [5, 5.41) is 9.27. The van der Waals surface area contributed by atoms with Gasteiger partial charge in [0.1, 0.15) is 5.82 Å². The van der Waals surface area contributed by atoms with Crippen molar-refractivity contribution in [3.8, 4) is 0 Å². The average molecular weight is 337 g/mol. The number of benzene rings is 1. The predicted molar refractivity (Wildman–Crippen MR) is 89.5 cm³/mol. The van der Waals surface area contributed by atoms with Crippen molar-refractivity contribution in [2.24, 2.45) is 0 Å². The van der Waals surface area contributed by atoms with Gasteiger partial charge in [0.25, 0.3) is 0 Å². The molecule has 1 aromatic rings. The molecule has 23 heavy (non-hydrogen) atoms. The number of thioether (sulfide) groups is 1. The fourth-order valence-electron chi connectivity index (χ4n) is 2.43. The van der Waals surface area contributed by atoms with Crippen molar-refractivity contribution in [1.82, 2.24) is 4.90 Å². The molecule has 1 aliphatic rings. The summed E-state index contributed by atoms with van der Waals surface area (Å²) < 4.78 is 12.9. The Morgan fingerprint density at radius 1 is 1.13 bits per heavy atom. The van der Waals surface area contributed by atoms with Crippen LogP contribution in [0.25, 0.3) is 6.08 Å². The van der Waals surface area contributed by atoms with Gasteiger partial charge in [-0.05, 0) is 36.6 Å². The third-order valence-electron chi connectivity index (χ3n) is 3.69. The molecule has 0 atom stereocenters. The quantitative estimate of drug-likeness (QED) is 0.837. The number of hydrogen-bond acceptors (Lipinski definition) is 3. The number of carbonyl (C=O) groups excluding carboxylic acids is 1. The van der Waals surface area contributed by atoms with Crippen molar-refractivity contribution in [3.05, 3.63) is 40.6 Å². The Kier molecular flexibility index (Phi) is 6.65. The van der Waals surface area contributed by atoms with Crippen molar-refractivity contribution >= 4 is 29.7 Å². The van der Waals surface area contributed by atoms with E-state index in [1.54, 1.807) is 0 Å². The first-order valence-electron chi connectivity index (χ1n) is 7.67. The second-order valence-corrected chi connectivity index (χ2v) is 6.47. The summed E-state index contributed by atoms with van der Waals surface area (Å²) in [5.74, 6) is -1.37. The van der Waals surface area contributed by atoms with Gasteiger partial charge in [0.2, 0.25) is 5.91 Å². The molecule has 1 heterocycles. The van der Waals surface area contributed by atoms with Gasteiger partial charge in [-0.25, -0.2) is 9.18 Å². The standard InChI is InChI=1S/C17H20FNO3S/c18-14-7-5-13(6-8-14)11-15(17(21)22)23-12-16(20)19-9-3-1-2-4-10-19/h5-8,11H,1-4,9-10,12H2,(H,21,22)/b15-11+. The minimum absolute atomic E-state index is 0.0249. The van der Waals surface area contributed by atoms with E-state index < -0.39 is 5.97 Å². The number of rotatable bonds is 5. The zero-order valence-corrected chi connectivity index (χ0v) is 13.7. The van der Waals surface area contributed by atoms with Crippen LogP contribution in [0.1, 0.15) is 31.2 Å². The molecule has 1 saturated heterocycles. The minimum Gasteiger partial charge on any atom is -0.477 e. The van der Waals surface area contributed by atoms with Crippen LogP contribution in [0.15, 0.2) is 29.2 Å². The van der Waals surface area contributed by atoms with Crippen LogP contribution in [0.3, 0.4) is 0 Å². The van der Waals surface area contributed by atoms with Crippen molar-refractivity contribution in [2.45, 2.75) is 25.7 Å². The maximum absolute atomic E-state index is 12.9. The summed E-state index contributed by atoms with van der Waals surface area (Å²) in [4.78, 5) is 25.4. The Labute approximate surface area is 139 Å². The SMILES string of the molecule is O=C(O)/C(=C\c1ccc(F)cc1)SCC(=O)N1CCCCCC1. The highest BCUT2D eigenvalue weighted by Crippen LogP contribution is 2.21. The van der Waals surface area contributed by atoms with Gasteiger partial charge in [0.15, 0.2) is 0 Å². The smallest absolute Gasteiger partial charge is 0.342 e. The molecule has 0 bridgehead atoms. The van der Waals surface area contributed by atoms with E-state index in [1.165, 1.54) is 30.3 Å². The average Bonchev–Trinajstić information content (AvgIpc) is 2.82. The number of hydrogen-bond donors (Lipinski definition) is 1. The summed E-state index contributed by atoms with van der Waals surface area (Å²) in [6.07, 6.45) is 5.76. The van der Waals surface area contributed by atoms with Crippen LogP contribution < -0.4 is 0 Å². The number of likely N-dealkylation sites (tertiary alicyclic amines) is 1. The Balaban J connectivity index is 1.97. The first kappa shape index (κ1) is 17.5. The number of carboxylic acids is 1. The highest BCUT2D eigenvalue weighted by molar-refractivity contribution is 8.04. The molecule has 6 heteroatoms. The maximum Gasteiger partial charge on any atom is 0.342 e. The molecule has 1 amide bonds. The molecular weight excluding hydrogens is 317 g/mol. The van der Waals surface area contributed by atoms with Gasteiger partial charge in [0.05, 0.1) is 10.7 Å². The normalized spacial score (nSPS) is 16.0. The molecule has 0 aliphatic carbocycles. The lowest BCUT2D eigenvalue weighted by Gasteiger charge is -2.20. The van der Waals surface area contributed by atoms with Crippen LogP contribution in [0.4, 0.5) is 4.39 Å². The second kappa shape index (κ2) is 8.72. The number of carbonyl (C=O) groups is 2. The van der Waals surface area contributed by atoms with Gasteiger partial charge >= 0.3 is 5.97 Å². The molecule has 124 valence electrons. The Morgan fingerprint density at radius 3 is 2.30 bits per heavy atom. The van der Waals surface area contributed by atoms with E-state index in [-0.39, 0.29) is 22.4 Å². The van der Waals surface area contributed by atoms with Crippen molar-refractivity contribution in [1.29, 1.82) is 0 Å². The van der Waals surface area contributed by atoms with E-state index in [1.807, 2.05) is 4.90 Å². The van der Waals surface area contributed by atoms with E-state index in [4.69, 9.17) is 0 Å². The summed E-state index contributed by atoms with van der Waals surface area (Å²) in [5.41, 5.74) is 0.596. The lowest BCUT2D eigenvalue weighted by Crippen LogP contribution is -2.33. The fourth-order valence-corrected chi connectivity index (χ4v) is 3.23. The summed E-state index contributed by atoms with van der Waals surface area (Å²) in [6.45, 7) is 1.51.